The summed E-state index contributed by atoms with van der Waals surface area (Å²) in [5.74, 6) is 0. The molecule has 1 rings (SSSR count). The maximum absolute atomic E-state index is 12.3. The van der Waals surface area contributed by atoms with Crippen molar-refractivity contribution >= 4 is 0 Å². The van der Waals surface area contributed by atoms with Gasteiger partial charge in [0.15, 0.2) is 0 Å². The van der Waals surface area contributed by atoms with Crippen molar-refractivity contribution in [3.63, 3.8) is 0 Å². The zero-order valence-corrected chi connectivity index (χ0v) is 7.86. The molecule has 0 amide bonds. The SMILES string of the molecule is CC(N=[N+]=[N-])c1cccc(C(F)(F)F)c1. The lowest BCUT2D eigenvalue weighted by atomic mass is 10.1. The van der Waals surface area contributed by atoms with Gasteiger partial charge in [0.05, 0.1) is 11.6 Å². The van der Waals surface area contributed by atoms with Gasteiger partial charge in [0.1, 0.15) is 0 Å². The minimum Gasteiger partial charge on any atom is -0.166 e. The van der Waals surface area contributed by atoms with Crippen molar-refractivity contribution < 1.29 is 13.2 Å². The van der Waals surface area contributed by atoms with E-state index < -0.39 is 17.8 Å². The van der Waals surface area contributed by atoms with Crippen molar-refractivity contribution in [1.82, 2.24) is 0 Å². The number of azide groups is 1. The molecular weight excluding hydrogens is 207 g/mol. The highest BCUT2D eigenvalue weighted by molar-refractivity contribution is 5.27. The van der Waals surface area contributed by atoms with Crippen LogP contribution in [0.2, 0.25) is 0 Å². The van der Waals surface area contributed by atoms with E-state index in [0.717, 1.165) is 12.1 Å². The predicted octanol–water partition coefficient (Wildman–Crippen LogP) is 4.08. The Morgan fingerprint density at radius 2 is 2.07 bits per heavy atom. The van der Waals surface area contributed by atoms with Crippen LogP contribution >= 0.6 is 0 Å². The van der Waals surface area contributed by atoms with Crippen LogP contribution in [0.25, 0.3) is 10.4 Å². The number of halogens is 3. The van der Waals surface area contributed by atoms with E-state index in [1.807, 2.05) is 0 Å². The molecule has 0 heterocycles. The van der Waals surface area contributed by atoms with E-state index in [1.54, 1.807) is 0 Å². The molecule has 80 valence electrons. The van der Waals surface area contributed by atoms with Crippen LogP contribution in [-0.2, 0) is 6.18 Å². The number of rotatable bonds is 2. The Balaban J connectivity index is 3.08. The van der Waals surface area contributed by atoms with E-state index in [1.165, 1.54) is 19.1 Å². The van der Waals surface area contributed by atoms with Crippen LogP contribution in [0.3, 0.4) is 0 Å². The summed E-state index contributed by atoms with van der Waals surface area (Å²) in [6, 6.07) is 4.15. The number of benzene rings is 1. The average Bonchev–Trinajstić information content (AvgIpc) is 2.17. The monoisotopic (exact) mass is 215 g/mol. The van der Waals surface area contributed by atoms with Gasteiger partial charge in [-0.25, -0.2) is 0 Å². The molecule has 0 aliphatic carbocycles. The third-order valence-electron chi connectivity index (χ3n) is 1.92. The van der Waals surface area contributed by atoms with Gasteiger partial charge in [-0.05, 0) is 17.2 Å². The standard InChI is InChI=1S/C9H8F3N3/c1-6(14-15-13)7-3-2-4-8(5-7)9(10,11)12/h2-6H,1H3. The summed E-state index contributed by atoms with van der Waals surface area (Å²) in [6.07, 6.45) is -4.37. The highest BCUT2D eigenvalue weighted by Gasteiger charge is 2.30. The van der Waals surface area contributed by atoms with Crippen LogP contribution in [0.1, 0.15) is 24.1 Å². The fourth-order valence-corrected chi connectivity index (χ4v) is 1.12. The molecule has 0 aliphatic rings. The molecule has 0 saturated heterocycles. The first-order valence-electron chi connectivity index (χ1n) is 4.16. The molecule has 0 fully saturated rings. The van der Waals surface area contributed by atoms with Crippen molar-refractivity contribution in [3.05, 3.63) is 45.8 Å². The highest BCUT2D eigenvalue weighted by atomic mass is 19.4. The Hall–Kier alpha value is -1.68. The summed E-state index contributed by atoms with van der Waals surface area (Å²) < 4.78 is 36.9. The van der Waals surface area contributed by atoms with Gasteiger partial charge in [-0.1, -0.05) is 30.2 Å². The second kappa shape index (κ2) is 4.23. The Labute approximate surface area is 84.2 Å². The predicted molar refractivity (Wildman–Crippen MR) is 49.0 cm³/mol. The molecule has 0 bridgehead atoms. The van der Waals surface area contributed by atoms with E-state index in [4.69, 9.17) is 5.53 Å². The fraction of sp³-hybridized carbons (Fsp3) is 0.333. The van der Waals surface area contributed by atoms with Crippen LogP contribution in [-0.4, -0.2) is 0 Å². The maximum Gasteiger partial charge on any atom is 0.416 e. The van der Waals surface area contributed by atoms with Gasteiger partial charge in [0, 0.05) is 4.91 Å². The molecule has 0 aromatic heterocycles. The molecule has 3 nitrogen and oxygen atoms in total. The Morgan fingerprint density at radius 3 is 2.60 bits per heavy atom. The number of hydrogen-bond donors (Lipinski definition) is 0. The van der Waals surface area contributed by atoms with Gasteiger partial charge in [0.2, 0.25) is 0 Å². The summed E-state index contributed by atoms with van der Waals surface area (Å²) in [5.41, 5.74) is 7.78. The van der Waals surface area contributed by atoms with Crippen LogP contribution in [0.4, 0.5) is 13.2 Å². The smallest absolute Gasteiger partial charge is 0.166 e. The molecule has 0 saturated carbocycles. The normalized spacial score (nSPS) is 13.1. The molecule has 1 aromatic rings. The van der Waals surface area contributed by atoms with Crippen molar-refractivity contribution in [2.24, 2.45) is 5.11 Å². The van der Waals surface area contributed by atoms with Crippen LogP contribution < -0.4 is 0 Å². The molecular formula is C9H8F3N3. The van der Waals surface area contributed by atoms with Crippen LogP contribution in [0, 0.1) is 0 Å². The van der Waals surface area contributed by atoms with Crippen LogP contribution in [0.15, 0.2) is 29.4 Å². The Morgan fingerprint density at radius 1 is 1.40 bits per heavy atom. The maximum atomic E-state index is 12.3. The van der Waals surface area contributed by atoms with Gasteiger partial charge >= 0.3 is 6.18 Å². The van der Waals surface area contributed by atoms with Gasteiger partial charge in [0.25, 0.3) is 0 Å². The molecule has 6 heteroatoms. The zero-order valence-electron chi connectivity index (χ0n) is 7.86. The van der Waals surface area contributed by atoms with Crippen LogP contribution in [0.5, 0.6) is 0 Å². The van der Waals surface area contributed by atoms with E-state index in [0.29, 0.717) is 5.56 Å². The summed E-state index contributed by atoms with van der Waals surface area (Å²) >= 11 is 0. The summed E-state index contributed by atoms with van der Waals surface area (Å²) in [5, 5.41) is 3.33. The first-order valence-corrected chi connectivity index (χ1v) is 4.16. The molecule has 0 aliphatic heterocycles. The number of nitrogens with zero attached hydrogens (tertiary/aromatic N) is 3. The van der Waals surface area contributed by atoms with Gasteiger partial charge in [-0.2, -0.15) is 13.2 Å². The first kappa shape index (κ1) is 11.4. The minimum absolute atomic E-state index is 0.350. The van der Waals surface area contributed by atoms with E-state index in [-0.39, 0.29) is 0 Å². The fourth-order valence-electron chi connectivity index (χ4n) is 1.12. The lowest BCUT2D eigenvalue weighted by molar-refractivity contribution is -0.137. The van der Waals surface area contributed by atoms with Gasteiger partial charge in [-0.3, -0.25) is 0 Å². The van der Waals surface area contributed by atoms with Crippen molar-refractivity contribution in [2.45, 2.75) is 19.1 Å². The van der Waals surface area contributed by atoms with E-state index in [2.05, 4.69) is 10.0 Å². The number of hydrogen-bond acceptors (Lipinski definition) is 1. The lowest BCUT2D eigenvalue weighted by Gasteiger charge is -2.10. The highest BCUT2D eigenvalue weighted by Crippen LogP contribution is 2.31. The summed E-state index contributed by atoms with van der Waals surface area (Å²) in [7, 11) is 0. The average molecular weight is 215 g/mol. The Bertz CT molecular complexity index is 394. The molecule has 0 spiro atoms. The Kier molecular flexibility index (Phi) is 3.21. The van der Waals surface area contributed by atoms with E-state index in [9.17, 15) is 13.2 Å². The van der Waals surface area contributed by atoms with Gasteiger partial charge in [-0.15, -0.1) is 0 Å². The molecule has 0 N–H and O–H groups in total. The van der Waals surface area contributed by atoms with Gasteiger partial charge < -0.3 is 0 Å². The van der Waals surface area contributed by atoms with E-state index >= 15 is 0 Å². The second-order valence-electron chi connectivity index (χ2n) is 3.00. The third kappa shape index (κ3) is 2.89. The summed E-state index contributed by atoms with van der Waals surface area (Å²) in [6.45, 7) is 1.54. The first-order chi connectivity index (χ1) is 6.95. The molecule has 1 aromatic carbocycles. The topological polar surface area (TPSA) is 48.8 Å². The number of alkyl halides is 3. The molecule has 0 radical (unpaired) electrons. The lowest BCUT2D eigenvalue weighted by Crippen LogP contribution is -2.05. The molecule has 1 atom stereocenters. The third-order valence-corrected chi connectivity index (χ3v) is 1.92. The second-order valence-corrected chi connectivity index (χ2v) is 3.00. The van der Waals surface area contributed by atoms with Crippen molar-refractivity contribution in [1.29, 1.82) is 0 Å². The zero-order chi connectivity index (χ0) is 11.5. The minimum atomic E-state index is -4.37. The molecule has 1 unspecified atom stereocenters. The van der Waals surface area contributed by atoms with Crippen molar-refractivity contribution in [2.75, 3.05) is 0 Å². The quantitative estimate of drug-likeness (QED) is 0.405. The summed E-state index contributed by atoms with van der Waals surface area (Å²) in [4.78, 5) is 2.55. The largest absolute Gasteiger partial charge is 0.416 e. The molecule has 15 heavy (non-hydrogen) atoms. The van der Waals surface area contributed by atoms with Crippen molar-refractivity contribution in [3.8, 4) is 0 Å².